The Morgan fingerprint density at radius 3 is 2.73 bits per heavy atom. The Kier molecular flexibility index (Phi) is 4.08. The zero-order valence-corrected chi connectivity index (χ0v) is 10.4. The van der Waals surface area contributed by atoms with Crippen LogP contribution in [0.25, 0.3) is 0 Å². The van der Waals surface area contributed by atoms with E-state index in [-0.39, 0.29) is 5.91 Å². The van der Waals surface area contributed by atoms with Crippen LogP contribution < -0.4 is 10.6 Å². The number of aryl methyl sites for hydroxylation is 1. The van der Waals surface area contributed by atoms with E-state index in [1.54, 1.807) is 7.05 Å². The molecule has 0 aliphatic rings. The van der Waals surface area contributed by atoms with E-state index in [0.29, 0.717) is 18.0 Å². The van der Waals surface area contributed by atoms with E-state index in [1.807, 2.05) is 6.92 Å². The summed E-state index contributed by atoms with van der Waals surface area (Å²) in [6.07, 6.45) is 0. The Balaban J connectivity index is 2.76. The molecule has 15 heavy (non-hydrogen) atoms. The molecule has 1 heterocycles. The second kappa shape index (κ2) is 5.11. The third-order valence-electron chi connectivity index (χ3n) is 1.99. The van der Waals surface area contributed by atoms with E-state index in [9.17, 15) is 4.79 Å². The van der Waals surface area contributed by atoms with Crippen molar-refractivity contribution in [2.45, 2.75) is 20.8 Å². The van der Waals surface area contributed by atoms with Crippen molar-refractivity contribution in [1.29, 1.82) is 0 Å². The molecule has 4 nitrogen and oxygen atoms in total. The van der Waals surface area contributed by atoms with Gasteiger partial charge in [0, 0.05) is 13.6 Å². The fourth-order valence-corrected chi connectivity index (χ4v) is 1.94. The molecule has 5 heteroatoms. The third kappa shape index (κ3) is 2.92. The SMILES string of the molecule is CNc1snc(C)c1C(=O)NCC(C)C. The van der Waals surface area contributed by atoms with Gasteiger partial charge in [-0.3, -0.25) is 4.79 Å². The molecule has 1 aromatic heterocycles. The van der Waals surface area contributed by atoms with Crippen LogP contribution in [0.3, 0.4) is 0 Å². The first-order chi connectivity index (χ1) is 7.06. The van der Waals surface area contributed by atoms with Gasteiger partial charge in [0.15, 0.2) is 0 Å². The summed E-state index contributed by atoms with van der Waals surface area (Å²) in [5.41, 5.74) is 1.45. The van der Waals surface area contributed by atoms with Gasteiger partial charge >= 0.3 is 0 Å². The summed E-state index contributed by atoms with van der Waals surface area (Å²) >= 11 is 1.32. The molecule has 1 aromatic rings. The maximum Gasteiger partial charge on any atom is 0.256 e. The summed E-state index contributed by atoms with van der Waals surface area (Å²) in [6, 6.07) is 0. The van der Waals surface area contributed by atoms with E-state index in [2.05, 4.69) is 28.9 Å². The molecule has 1 amide bonds. The molecule has 0 spiro atoms. The lowest BCUT2D eigenvalue weighted by Gasteiger charge is -2.08. The van der Waals surface area contributed by atoms with Gasteiger partial charge in [-0.15, -0.1) is 0 Å². The largest absolute Gasteiger partial charge is 0.378 e. The maximum atomic E-state index is 11.8. The first kappa shape index (κ1) is 12.0. The van der Waals surface area contributed by atoms with Crippen molar-refractivity contribution >= 4 is 22.4 Å². The number of nitrogens with zero attached hydrogens (tertiary/aromatic N) is 1. The molecule has 0 radical (unpaired) electrons. The lowest BCUT2D eigenvalue weighted by molar-refractivity contribution is 0.0949. The lowest BCUT2D eigenvalue weighted by atomic mass is 10.2. The molecule has 0 aromatic carbocycles. The van der Waals surface area contributed by atoms with Crippen LogP contribution in [0.2, 0.25) is 0 Å². The minimum absolute atomic E-state index is 0.0423. The fourth-order valence-electron chi connectivity index (χ4n) is 1.19. The number of hydrogen-bond donors (Lipinski definition) is 2. The van der Waals surface area contributed by atoms with Crippen LogP contribution in [0.4, 0.5) is 5.00 Å². The maximum absolute atomic E-state index is 11.8. The van der Waals surface area contributed by atoms with Crippen molar-refractivity contribution in [3.63, 3.8) is 0 Å². The van der Waals surface area contributed by atoms with Gasteiger partial charge in [0.05, 0.1) is 11.3 Å². The predicted octanol–water partition coefficient (Wildman–Crippen LogP) is 1.88. The summed E-state index contributed by atoms with van der Waals surface area (Å²) in [5, 5.41) is 6.70. The molecular weight excluding hydrogens is 210 g/mol. The number of hydrogen-bond acceptors (Lipinski definition) is 4. The minimum atomic E-state index is -0.0423. The Morgan fingerprint density at radius 2 is 2.20 bits per heavy atom. The number of amides is 1. The first-order valence-electron chi connectivity index (χ1n) is 4.98. The Labute approximate surface area is 94.2 Å². The number of carbonyl (C=O) groups is 1. The second-order valence-corrected chi connectivity index (χ2v) is 4.60. The molecule has 84 valence electrons. The van der Waals surface area contributed by atoms with Gasteiger partial charge in [-0.05, 0) is 24.4 Å². The fraction of sp³-hybridized carbons (Fsp3) is 0.600. The molecule has 0 fully saturated rings. The first-order valence-corrected chi connectivity index (χ1v) is 5.75. The molecular formula is C10H17N3OS. The molecule has 0 saturated carbocycles. The molecule has 0 atom stereocenters. The van der Waals surface area contributed by atoms with Crippen molar-refractivity contribution < 1.29 is 4.79 Å². The van der Waals surface area contributed by atoms with E-state index >= 15 is 0 Å². The van der Waals surface area contributed by atoms with Crippen LogP contribution in [-0.4, -0.2) is 23.9 Å². The van der Waals surface area contributed by atoms with Gasteiger partial charge in [0.25, 0.3) is 5.91 Å². The van der Waals surface area contributed by atoms with Crippen molar-refractivity contribution in [2.24, 2.45) is 5.92 Å². The van der Waals surface area contributed by atoms with Crippen LogP contribution in [0, 0.1) is 12.8 Å². The van der Waals surface area contributed by atoms with E-state index in [1.165, 1.54) is 11.5 Å². The average molecular weight is 227 g/mol. The van der Waals surface area contributed by atoms with Gasteiger partial charge in [0.1, 0.15) is 5.00 Å². The van der Waals surface area contributed by atoms with Crippen molar-refractivity contribution in [3.8, 4) is 0 Å². The topological polar surface area (TPSA) is 54.0 Å². The average Bonchev–Trinajstić information content (AvgIpc) is 2.56. The number of carbonyl (C=O) groups excluding carboxylic acids is 1. The monoisotopic (exact) mass is 227 g/mol. The second-order valence-electron chi connectivity index (χ2n) is 3.83. The molecule has 0 bridgehead atoms. The summed E-state index contributed by atoms with van der Waals surface area (Å²) < 4.78 is 4.15. The molecule has 2 N–H and O–H groups in total. The van der Waals surface area contributed by atoms with Gasteiger partial charge < -0.3 is 10.6 Å². The van der Waals surface area contributed by atoms with Crippen molar-refractivity contribution in [3.05, 3.63) is 11.3 Å². The van der Waals surface area contributed by atoms with Crippen LogP contribution in [0.1, 0.15) is 29.9 Å². The Bertz CT molecular complexity index is 346. The summed E-state index contributed by atoms with van der Waals surface area (Å²) in [6.45, 7) is 6.68. The van der Waals surface area contributed by atoms with Gasteiger partial charge in [-0.25, -0.2) is 0 Å². The molecule has 1 rings (SSSR count). The van der Waals surface area contributed by atoms with Crippen LogP contribution >= 0.6 is 11.5 Å². The highest BCUT2D eigenvalue weighted by Gasteiger charge is 2.17. The number of rotatable bonds is 4. The Hall–Kier alpha value is -1.10. The molecule has 0 unspecified atom stereocenters. The highest BCUT2D eigenvalue weighted by molar-refractivity contribution is 7.10. The standard InChI is InChI=1S/C10H17N3OS/c1-6(2)5-12-9(14)8-7(3)13-15-10(8)11-4/h6,11H,5H2,1-4H3,(H,12,14). The highest BCUT2D eigenvalue weighted by atomic mass is 32.1. The number of nitrogens with one attached hydrogen (secondary N) is 2. The number of anilines is 1. The summed E-state index contributed by atoms with van der Waals surface area (Å²) in [7, 11) is 1.80. The molecule has 0 aliphatic carbocycles. The van der Waals surface area contributed by atoms with E-state index < -0.39 is 0 Å². The third-order valence-corrected chi connectivity index (χ3v) is 2.94. The quantitative estimate of drug-likeness (QED) is 0.825. The molecule has 0 aliphatic heterocycles. The van der Waals surface area contributed by atoms with Gasteiger partial charge in [-0.1, -0.05) is 13.8 Å². The highest BCUT2D eigenvalue weighted by Crippen LogP contribution is 2.23. The Morgan fingerprint density at radius 1 is 1.53 bits per heavy atom. The predicted molar refractivity (Wildman–Crippen MR) is 63.6 cm³/mol. The zero-order chi connectivity index (χ0) is 11.4. The van der Waals surface area contributed by atoms with Crippen LogP contribution in [0.15, 0.2) is 0 Å². The van der Waals surface area contributed by atoms with Crippen molar-refractivity contribution in [1.82, 2.24) is 9.69 Å². The van der Waals surface area contributed by atoms with E-state index in [4.69, 9.17) is 0 Å². The van der Waals surface area contributed by atoms with Crippen LogP contribution in [0.5, 0.6) is 0 Å². The van der Waals surface area contributed by atoms with E-state index in [0.717, 1.165) is 10.7 Å². The summed E-state index contributed by atoms with van der Waals surface area (Å²) in [5.74, 6) is 0.415. The normalized spacial score (nSPS) is 10.5. The van der Waals surface area contributed by atoms with Gasteiger partial charge in [-0.2, -0.15) is 4.37 Å². The van der Waals surface area contributed by atoms with Crippen LogP contribution in [-0.2, 0) is 0 Å². The summed E-state index contributed by atoms with van der Waals surface area (Å²) in [4.78, 5) is 11.8. The minimum Gasteiger partial charge on any atom is -0.378 e. The van der Waals surface area contributed by atoms with Crippen molar-refractivity contribution in [2.75, 3.05) is 18.9 Å². The number of aromatic nitrogens is 1. The van der Waals surface area contributed by atoms with Gasteiger partial charge in [0.2, 0.25) is 0 Å². The zero-order valence-electron chi connectivity index (χ0n) is 9.55. The molecule has 0 saturated heterocycles. The smallest absolute Gasteiger partial charge is 0.256 e. The lowest BCUT2D eigenvalue weighted by Crippen LogP contribution is -2.28.